The summed E-state index contributed by atoms with van der Waals surface area (Å²) in [5.74, 6) is -0.649. The van der Waals surface area contributed by atoms with E-state index < -0.39 is 0 Å². The smallest absolute Gasteiger partial charge is 0.286 e. The molecule has 1 aliphatic heterocycles. The minimum atomic E-state index is -0.364. The lowest BCUT2D eigenvalue weighted by Crippen LogP contribution is -2.46. The summed E-state index contributed by atoms with van der Waals surface area (Å²) in [6.45, 7) is 11.2. The number of likely N-dealkylation sites (N-methyl/N-ethyl adjacent to an activating group) is 1. The first-order chi connectivity index (χ1) is 14.0. The largest absolute Gasteiger partial charge is 0.350 e. The second-order valence-electron chi connectivity index (χ2n) is 7.12. The third kappa shape index (κ3) is 6.31. The van der Waals surface area contributed by atoms with Crippen LogP contribution in [0.15, 0.2) is 24.3 Å². The molecule has 0 saturated carbocycles. The van der Waals surface area contributed by atoms with Crippen LogP contribution >= 0.6 is 11.3 Å². The molecule has 1 aliphatic rings. The van der Waals surface area contributed by atoms with E-state index in [-0.39, 0.29) is 21.8 Å². The van der Waals surface area contributed by atoms with Crippen LogP contribution in [0.1, 0.15) is 38.5 Å². The van der Waals surface area contributed by atoms with Crippen LogP contribution in [0.4, 0.5) is 5.69 Å². The average Bonchev–Trinajstić information content (AvgIpc) is 3.24. The number of rotatable bonds is 8. The molecular weight excluding hydrogens is 388 g/mol. The van der Waals surface area contributed by atoms with Crippen molar-refractivity contribution in [1.29, 1.82) is 0 Å². The number of benzene rings is 1. The third-order valence-electron chi connectivity index (χ3n) is 4.97. The highest BCUT2D eigenvalue weighted by atomic mass is 32.1. The topological polar surface area (TPSA) is 90.5 Å². The van der Waals surface area contributed by atoms with Gasteiger partial charge in [-0.15, -0.1) is 10.2 Å². The number of aryl methyl sites for hydroxylation is 1. The third-order valence-corrected chi connectivity index (χ3v) is 5.89. The number of anilines is 1. The lowest BCUT2D eigenvalue weighted by Gasteiger charge is -2.33. The predicted molar refractivity (Wildman–Crippen MR) is 115 cm³/mol. The lowest BCUT2D eigenvalue weighted by molar-refractivity contribution is 0.0946. The Morgan fingerprint density at radius 2 is 1.62 bits per heavy atom. The highest BCUT2D eigenvalue weighted by Crippen LogP contribution is 2.14. The summed E-state index contributed by atoms with van der Waals surface area (Å²) in [6, 6.07) is 7.48. The summed E-state index contributed by atoms with van der Waals surface area (Å²) in [4.78, 5) is 29.4. The average molecular weight is 417 g/mol. The molecule has 8 nitrogen and oxygen atoms in total. The van der Waals surface area contributed by atoms with E-state index in [9.17, 15) is 9.59 Å². The van der Waals surface area contributed by atoms with Crippen LogP contribution in [-0.4, -0.2) is 77.6 Å². The van der Waals surface area contributed by atoms with Gasteiger partial charge < -0.3 is 20.4 Å². The molecule has 2 amide bonds. The first-order valence-corrected chi connectivity index (χ1v) is 10.8. The maximum absolute atomic E-state index is 12.3. The van der Waals surface area contributed by atoms with Crippen LogP contribution in [0.2, 0.25) is 0 Å². The fraction of sp³-hybridized carbons (Fsp3) is 0.500. The molecule has 0 unspecified atom stereocenters. The van der Waals surface area contributed by atoms with E-state index in [0.717, 1.165) is 62.6 Å². The van der Waals surface area contributed by atoms with Crippen molar-refractivity contribution in [2.24, 2.45) is 0 Å². The first kappa shape index (κ1) is 21.4. The number of nitrogens with zero attached hydrogens (tertiary/aromatic N) is 4. The van der Waals surface area contributed by atoms with E-state index in [2.05, 4.69) is 37.6 Å². The van der Waals surface area contributed by atoms with E-state index in [4.69, 9.17) is 0 Å². The van der Waals surface area contributed by atoms with Crippen molar-refractivity contribution < 1.29 is 9.59 Å². The molecule has 2 N–H and O–H groups in total. The van der Waals surface area contributed by atoms with Crippen molar-refractivity contribution >= 4 is 28.8 Å². The van der Waals surface area contributed by atoms with Crippen LogP contribution < -0.4 is 10.6 Å². The number of aromatic nitrogens is 2. The van der Waals surface area contributed by atoms with Crippen molar-refractivity contribution in [3.05, 3.63) is 39.8 Å². The number of carbonyl (C=O) groups is 2. The van der Waals surface area contributed by atoms with Gasteiger partial charge in [0.15, 0.2) is 0 Å². The van der Waals surface area contributed by atoms with Crippen LogP contribution in [0, 0.1) is 6.92 Å². The fourth-order valence-corrected chi connectivity index (χ4v) is 3.79. The summed E-state index contributed by atoms with van der Waals surface area (Å²) >= 11 is 0.998. The Morgan fingerprint density at radius 1 is 1.00 bits per heavy atom. The molecule has 0 radical (unpaired) electrons. The van der Waals surface area contributed by atoms with Gasteiger partial charge in [0.1, 0.15) is 0 Å². The van der Waals surface area contributed by atoms with Crippen LogP contribution in [0.25, 0.3) is 0 Å². The molecule has 0 bridgehead atoms. The molecule has 1 aromatic heterocycles. The van der Waals surface area contributed by atoms with Gasteiger partial charge >= 0.3 is 0 Å². The quantitative estimate of drug-likeness (QED) is 0.639. The molecule has 1 aromatic carbocycles. The Balaban J connectivity index is 1.39. The van der Waals surface area contributed by atoms with Gasteiger partial charge in [-0.3, -0.25) is 9.59 Å². The zero-order chi connectivity index (χ0) is 20.6. The number of amides is 2. The zero-order valence-electron chi connectivity index (χ0n) is 17.0. The molecule has 3 rings (SSSR count). The number of nitrogens with one attached hydrogen (secondary N) is 2. The van der Waals surface area contributed by atoms with Crippen molar-refractivity contribution in [3.8, 4) is 0 Å². The molecule has 156 valence electrons. The molecule has 2 heterocycles. The number of carbonyl (C=O) groups excluding carboxylic acids is 2. The standard InChI is InChI=1S/C20H28N6O2S/c1-3-25-11-13-26(14-12-25)10-4-9-21-17(27)19-23-24-20(29-19)18(28)22-16-7-5-15(2)6-8-16/h5-8H,3-4,9-14H2,1-2H3,(H,21,27)(H,22,28). The Labute approximate surface area is 175 Å². The molecule has 2 aromatic rings. The van der Waals surface area contributed by atoms with Crippen LogP contribution in [0.5, 0.6) is 0 Å². The van der Waals surface area contributed by atoms with Crippen molar-refractivity contribution in [2.45, 2.75) is 20.3 Å². The molecule has 1 saturated heterocycles. The van der Waals surface area contributed by atoms with Crippen molar-refractivity contribution in [3.63, 3.8) is 0 Å². The summed E-state index contributed by atoms with van der Waals surface area (Å²) in [7, 11) is 0. The van der Waals surface area contributed by atoms with Gasteiger partial charge in [-0.25, -0.2) is 0 Å². The molecule has 0 atom stereocenters. The maximum atomic E-state index is 12.3. The van der Waals surface area contributed by atoms with Crippen molar-refractivity contribution in [2.75, 3.05) is 51.1 Å². The Morgan fingerprint density at radius 3 is 2.28 bits per heavy atom. The van der Waals surface area contributed by atoms with Gasteiger partial charge in [0, 0.05) is 38.4 Å². The second kappa shape index (κ2) is 10.4. The maximum Gasteiger partial charge on any atom is 0.286 e. The van der Waals surface area contributed by atoms with E-state index in [1.807, 2.05) is 31.2 Å². The highest BCUT2D eigenvalue weighted by molar-refractivity contribution is 7.15. The molecule has 0 spiro atoms. The molecule has 0 aliphatic carbocycles. The lowest BCUT2D eigenvalue weighted by atomic mass is 10.2. The van der Waals surface area contributed by atoms with E-state index >= 15 is 0 Å². The van der Waals surface area contributed by atoms with Gasteiger partial charge in [0.05, 0.1) is 0 Å². The van der Waals surface area contributed by atoms with Gasteiger partial charge in [-0.2, -0.15) is 0 Å². The minimum absolute atomic E-state index is 0.171. The number of piperazine rings is 1. The molecule has 9 heteroatoms. The van der Waals surface area contributed by atoms with Gasteiger partial charge in [0.2, 0.25) is 10.0 Å². The predicted octanol–water partition coefficient (Wildman–Crippen LogP) is 1.86. The second-order valence-corrected chi connectivity index (χ2v) is 8.10. The molecule has 1 fully saturated rings. The van der Waals surface area contributed by atoms with Gasteiger partial charge in [-0.05, 0) is 38.6 Å². The monoisotopic (exact) mass is 416 g/mol. The van der Waals surface area contributed by atoms with E-state index in [1.54, 1.807) is 0 Å². The summed E-state index contributed by atoms with van der Waals surface area (Å²) < 4.78 is 0. The number of hydrogen-bond donors (Lipinski definition) is 2. The van der Waals surface area contributed by atoms with Crippen LogP contribution in [0.3, 0.4) is 0 Å². The fourth-order valence-electron chi connectivity index (χ4n) is 3.14. The Hall–Kier alpha value is -2.36. The Kier molecular flexibility index (Phi) is 7.68. The summed E-state index contributed by atoms with van der Waals surface area (Å²) in [5, 5.41) is 13.7. The SMILES string of the molecule is CCN1CCN(CCCNC(=O)c2nnc(C(=O)Nc3ccc(C)cc3)s2)CC1. The van der Waals surface area contributed by atoms with Crippen molar-refractivity contribution in [1.82, 2.24) is 25.3 Å². The molecule has 29 heavy (non-hydrogen) atoms. The number of hydrogen-bond acceptors (Lipinski definition) is 7. The summed E-state index contributed by atoms with van der Waals surface area (Å²) in [5.41, 5.74) is 1.79. The van der Waals surface area contributed by atoms with Crippen LogP contribution in [-0.2, 0) is 0 Å². The van der Waals surface area contributed by atoms with E-state index in [1.165, 1.54) is 0 Å². The van der Waals surface area contributed by atoms with E-state index in [0.29, 0.717) is 12.2 Å². The normalized spacial score (nSPS) is 15.2. The highest BCUT2D eigenvalue weighted by Gasteiger charge is 2.18. The Bertz CT molecular complexity index is 815. The first-order valence-electron chi connectivity index (χ1n) is 9.99. The molecular formula is C20H28N6O2S. The van der Waals surface area contributed by atoms with Gasteiger partial charge in [-0.1, -0.05) is 36.0 Å². The zero-order valence-corrected chi connectivity index (χ0v) is 17.8. The summed E-state index contributed by atoms with van der Waals surface area (Å²) in [6.07, 6.45) is 0.886. The van der Waals surface area contributed by atoms with Gasteiger partial charge in [0.25, 0.3) is 11.8 Å². The minimum Gasteiger partial charge on any atom is -0.350 e.